The van der Waals surface area contributed by atoms with E-state index in [1.54, 1.807) is 0 Å². The highest BCUT2D eigenvalue weighted by atomic mass is 14.5. The molecule has 3 fully saturated rings. The fraction of sp³-hybridized carbons (Fsp3) is 0.963. The van der Waals surface area contributed by atoms with Gasteiger partial charge in [-0.1, -0.05) is 78.1 Å². The summed E-state index contributed by atoms with van der Waals surface area (Å²) in [5.41, 5.74) is 0.0467. The number of nitrogens with zero attached hydrogens (tertiary/aromatic N) is 1. The third-order valence-electron chi connectivity index (χ3n) is 9.24. The number of rotatable bonds is 8. The zero-order valence-electron chi connectivity index (χ0n) is 19.1. The molecule has 28 heavy (non-hydrogen) atoms. The van der Waals surface area contributed by atoms with Gasteiger partial charge in [-0.15, -0.1) is 0 Å². The summed E-state index contributed by atoms with van der Waals surface area (Å²) >= 11 is 0. The maximum absolute atomic E-state index is 10.1. The Morgan fingerprint density at radius 2 is 1.25 bits per heavy atom. The van der Waals surface area contributed by atoms with Crippen LogP contribution in [0.4, 0.5) is 0 Å². The molecule has 0 bridgehead atoms. The van der Waals surface area contributed by atoms with Crippen LogP contribution < -0.4 is 0 Å². The van der Waals surface area contributed by atoms with E-state index in [0.717, 1.165) is 23.7 Å². The van der Waals surface area contributed by atoms with Crippen molar-refractivity contribution < 1.29 is 0 Å². The van der Waals surface area contributed by atoms with E-state index in [4.69, 9.17) is 0 Å². The zero-order valence-corrected chi connectivity index (χ0v) is 19.1. The Kier molecular flexibility index (Phi) is 8.74. The molecule has 3 rings (SSSR count). The van der Waals surface area contributed by atoms with Gasteiger partial charge in [0.05, 0.1) is 11.5 Å². The van der Waals surface area contributed by atoms with Gasteiger partial charge in [0.15, 0.2) is 0 Å². The highest BCUT2D eigenvalue weighted by molar-refractivity contribution is 5.06. The average molecular weight is 386 g/mol. The number of unbranched alkanes of at least 4 members (excludes halogenated alkanes) is 2. The molecule has 0 atom stereocenters. The molecule has 1 heteroatoms. The third kappa shape index (κ3) is 5.55. The number of nitriles is 1. The summed E-state index contributed by atoms with van der Waals surface area (Å²) in [6.45, 7) is 4.64. The van der Waals surface area contributed by atoms with Crippen molar-refractivity contribution >= 4 is 0 Å². The Morgan fingerprint density at radius 3 is 1.82 bits per heavy atom. The Balaban J connectivity index is 1.43. The summed E-state index contributed by atoms with van der Waals surface area (Å²) in [6, 6.07) is 2.89. The van der Waals surface area contributed by atoms with Crippen LogP contribution in [0.5, 0.6) is 0 Å². The topological polar surface area (TPSA) is 23.8 Å². The van der Waals surface area contributed by atoms with E-state index < -0.39 is 0 Å². The Morgan fingerprint density at radius 1 is 0.679 bits per heavy atom. The van der Waals surface area contributed by atoms with Crippen molar-refractivity contribution in [1.29, 1.82) is 5.26 Å². The molecule has 0 aliphatic heterocycles. The second-order valence-corrected chi connectivity index (χ2v) is 10.9. The largest absolute Gasteiger partial charge is 0.198 e. The SMILES string of the molecule is CCCCCC1CCC([C@H]2CC[C@](C#N)(C3CCC(CCC)CC3)CC2)CC1. The van der Waals surface area contributed by atoms with Gasteiger partial charge in [0.25, 0.3) is 0 Å². The van der Waals surface area contributed by atoms with Crippen LogP contribution in [-0.4, -0.2) is 0 Å². The highest BCUT2D eigenvalue weighted by Crippen LogP contribution is 2.52. The maximum atomic E-state index is 10.1. The first-order valence-electron chi connectivity index (χ1n) is 13.1. The van der Waals surface area contributed by atoms with Gasteiger partial charge in [-0.2, -0.15) is 5.26 Å². The van der Waals surface area contributed by atoms with E-state index >= 15 is 0 Å². The van der Waals surface area contributed by atoms with Crippen molar-refractivity contribution in [3.8, 4) is 6.07 Å². The standard InChI is InChI=1S/C27H47N/c1-3-5-6-8-23-9-13-24(14-10-23)25-17-19-27(21-28,20-18-25)26-15-11-22(7-4-2)12-16-26/h22-26H,3-20H2,1-2H3/t22?,23?,24?,25-,26?,27-. The second-order valence-electron chi connectivity index (χ2n) is 10.9. The summed E-state index contributed by atoms with van der Waals surface area (Å²) < 4.78 is 0. The molecule has 0 aromatic heterocycles. The van der Waals surface area contributed by atoms with Gasteiger partial charge in [-0.05, 0) is 81.0 Å². The molecular weight excluding hydrogens is 338 g/mol. The van der Waals surface area contributed by atoms with Crippen LogP contribution in [0.25, 0.3) is 0 Å². The summed E-state index contributed by atoms with van der Waals surface area (Å²) in [7, 11) is 0. The molecule has 0 aromatic carbocycles. The van der Waals surface area contributed by atoms with Crippen LogP contribution in [0.3, 0.4) is 0 Å². The lowest BCUT2D eigenvalue weighted by molar-refractivity contribution is 0.0603. The molecule has 3 aliphatic carbocycles. The molecular formula is C27H47N. The molecule has 0 amide bonds. The molecule has 0 N–H and O–H groups in total. The molecule has 0 saturated heterocycles. The van der Waals surface area contributed by atoms with Crippen molar-refractivity contribution in [3.05, 3.63) is 0 Å². The molecule has 3 saturated carbocycles. The van der Waals surface area contributed by atoms with Crippen molar-refractivity contribution in [2.75, 3.05) is 0 Å². The zero-order chi connectivity index (χ0) is 19.8. The molecule has 160 valence electrons. The molecule has 3 aliphatic rings. The minimum Gasteiger partial charge on any atom is -0.198 e. The molecule has 0 radical (unpaired) electrons. The van der Waals surface area contributed by atoms with E-state index in [9.17, 15) is 5.26 Å². The average Bonchev–Trinajstić information content (AvgIpc) is 2.75. The van der Waals surface area contributed by atoms with Gasteiger partial charge >= 0.3 is 0 Å². The quantitative estimate of drug-likeness (QED) is 0.383. The number of hydrogen-bond donors (Lipinski definition) is 0. The predicted octanol–water partition coefficient (Wildman–Crippen LogP) is 8.68. The van der Waals surface area contributed by atoms with Gasteiger partial charge in [0, 0.05) is 0 Å². The van der Waals surface area contributed by atoms with Gasteiger partial charge in [-0.25, -0.2) is 0 Å². The van der Waals surface area contributed by atoms with Crippen molar-refractivity contribution in [2.45, 2.75) is 129 Å². The van der Waals surface area contributed by atoms with E-state index in [1.807, 2.05) is 0 Å². The van der Waals surface area contributed by atoms with Gasteiger partial charge < -0.3 is 0 Å². The third-order valence-corrected chi connectivity index (χ3v) is 9.24. The van der Waals surface area contributed by atoms with Gasteiger partial charge in [0.1, 0.15) is 0 Å². The summed E-state index contributed by atoms with van der Waals surface area (Å²) in [5.74, 6) is 4.62. The molecule has 0 aromatic rings. The predicted molar refractivity (Wildman–Crippen MR) is 120 cm³/mol. The smallest absolute Gasteiger partial charge is 0.0692 e. The number of hydrogen-bond acceptors (Lipinski definition) is 1. The van der Waals surface area contributed by atoms with Crippen LogP contribution in [0.1, 0.15) is 129 Å². The second kappa shape index (κ2) is 11.0. The first-order valence-corrected chi connectivity index (χ1v) is 13.1. The van der Waals surface area contributed by atoms with E-state index in [2.05, 4.69) is 19.9 Å². The summed E-state index contributed by atoms with van der Waals surface area (Å²) in [4.78, 5) is 0. The highest BCUT2D eigenvalue weighted by Gasteiger charge is 2.44. The van der Waals surface area contributed by atoms with Crippen LogP contribution in [-0.2, 0) is 0 Å². The van der Waals surface area contributed by atoms with Crippen molar-refractivity contribution in [3.63, 3.8) is 0 Å². The van der Waals surface area contributed by atoms with E-state index in [0.29, 0.717) is 5.92 Å². The Labute approximate surface area is 176 Å². The maximum Gasteiger partial charge on any atom is 0.0692 e. The van der Waals surface area contributed by atoms with E-state index in [1.165, 1.54) is 116 Å². The first kappa shape index (κ1) is 22.2. The Hall–Kier alpha value is -0.510. The molecule has 0 unspecified atom stereocenters. The van der Waals surface area contributed by atoms with Crippen LogP contribution >= 0.6 is 0 Å². The molecule has 1 nitrogen and oxygen atoms in total. The first-order chi connectivity index (χ1) is 13.7. The normalized spacial score (nSPS) is 39.4. The Bertz CT molecular complexity index is 465. The summed E-state index contributed by atoms with van der Waals surface area (Å²) in [5, 5.41) is 10.1. The molecule has 0 heterocycles. The molecule has 0 spiro atoms. The lowest BCUT2D eigenvalue weighted by Gasteiger charge is -2.46. The van der Waals surface area contributed by atoms with Crippen molar-refractivity contribution in [2.24, 2.45) is 35.0 Å². The monoisotopic (exact) mass is 385 g/mol. The van der Waals surface area contributed by atoms with Crippen LogP contribution in [0, 0.1) is 46.3 Å². The van der Waals surface area contributed by atoms with E-state index in [-0.39, 0.29) is 5.41 Å². The fourth-order valence-electron chi connectivity index (χ4n) is 7.28. The lowest BCUT2D eigenvalue weighted by atomic mass is 9.57. The lowest BCUT2D eigenvalue weighted by Crippen LogP contribution is -2.38. The van der Waals surface area contributed by atoms with Crippen LogP contribution in [0.15, 0.2) is 0 Å². The van der Waals surface area contributed by atoms with Gasteiger partial charge in [-0.3, -0.25) is 0 Å². The van der Waals surface area contributed by atoms with Crippen LogP contribution in [0.2, 0.25) is 0 Å². The van der Waals surface area contributed by atoms with Crippen molar-refractivity contribution in [1.82, 2.24) is 0 Å². The summed E-state index contributed by atoms with van der Waals surface area (Å²) in [6.07, 6.45) is 25.1. The minimum absolute atomic E-state index is 0.0467. The minimum atomic E-state index is 0.0467. The van der Waals surface area contributed by atoms with Gasteiger partial charge in [0.2, 0.25) is 0 Å². The fourth-order valence-corrected chi connectivity index (χ4v) is 7.28.